The third-order valence-corrected chi connectivity index (χ3v) is 5.85. The lowest BCUT2D eigenvalue weighted by Gasteiger charge is -2.26. The van der Waals surface area contributed by atoms with Gasteiger partial charge in [0.25, 0.3) is 0 Å². The maximum Gasteiger partial charge on any atom is 0.246 e. The van der Waals surface area contributed by atoms with Crippen LogP contribution in [0.4, 0.5) is 5.82 Å². The molecule has 3 heterocycles. The first-order chi connectivity index (χ1) is 16.7. The van der Waals surface area contributed by atoms with E-state index in [0.717, 1.165) is 55.4 Å². The molecule has 176 valence electrons. The zero-order valence-corrected chi connectivity index (χ0v) is 19.2. The Morgan fingerprint density at radius 3 is 2.65 bits per heavy atom. The van der Waals surface area contributed by atoms with Crippen LogP contribution in [0.15, 0.2) is 54.9 Å². The lowest BCUT2D eigenvalue weighted by atomic mass is 10.2. The molecule has 1 saturated heterocycles. The molecule has 0 aliphatic carbocycles. The Labute approximate surface area is 198 Å². The van der Waals surface area contributed by atoms with Gasteiger partial charge in [-0.2, -0.15) is 0 Å². The summed E-state index contributed by atoms with van der Waals surface area (Å²) in [4.78, 5) is 10.9. The Balaban J connectivity index is 1.36. The topological polar surface area (TPSA) is 101 Å². The molecule has 1 aliphatic rings. The predicted molar refractivity (Wildman–Crippen MR) is 129 cm³/mol. The molecule has 0 bridgehead atoms. The summed E-state index contributed by atoms with van der Waals surface area (Å²) in [6.07, 6.45) is 1.44. The number of nitrogens with two attached hydrogens (primary N) is 1. The number of ether oxygens (including phenoxy) is 3. The number of fused-ring (bicyclic) bond motifs is 1. The number of benzene rings is 2. The van der Waals surface area contributed by atoms with Crippen molar-refractivity contribution >= 4 is 16.9 Å². The Morgan fingerprint density at radius 1 is 1.03 bits per heavy atom. The van der Waals surface area contributed by atoms with Gasteiger partial charge < -0.3 is 19.9 Å². The third kappa shape index (κ3) is 4.80. The summed E-state index contributed by atoms with van der Waals surface area (Å²) in [5, 5.41) is 5.31. The molecule has 2 N–H and O–H groups in total. The number of hydrogen-bond donors (Lipinski definition) is 1. The first-order valence-electron chi connectivity index (χ1n) is 11.4. The molecule has 5 rings (SSSR count). The van der Waals surface area contributed by atoms with Crippen molar-refractivity contribution in [2.45, 2.75) is 13.5 Å². The Morgan fingerprint density at radius 2 is 1.85 bits per heavy atom. The monoisotopic (exact) mass is 460 g/mol. The molecule has 9 heteroatoms. The van der Waals surface area contributed by atoms with Crippen molar-refractivity contribution in [2.24, 2.45) is 0 Å². The van der Waals surface area contributed by atoms with Crippen LogP contribution in [0.5, 0.6) is 11.6 Å². The number of rotatable bonds is 8. The summed E-state index contributed by atoms with van der Waals surface area (Å²) < 4.78 is 19.2. The summed E-state index contributed by atoms with van der Waals surface area (Å²) in [5.74, 6) is 1.60. The average molecular weight is 461 g/mol. The molecule has 9 nitrogen and oxygen atoms in total. The van der Waals surface area contributed by atoms with Crippen LogP contribution in [0.1, 0.15) is 11.1 Å². The van der Waals surface area contributed by atoms with Crippen LogP contribution in [-0.4, -0.2) is 64.1 Å². The van der Waals surface area contributed by atoms with Gasteiger partial charge in [0.05, 0.1) is 18.9 Å². The summed E-state index contributed by atoms with van der Waals surface area (Å²) >= 11 is 0. The number of hydrogen-bond acceptors (Lipinski definition) is 8. The smallest absolute Gasteiger partial charge is 0.246 e. The van der Waals surface area contributed by atoms with Gasteiger partial charge in [0, 0.05) is 19.6 Å². The van der Waals surface area contributed by atoms with E-state index < -0.39 is 0 Å². The first kappa shape index (κ1) is 22.1. The number of anilines is 1. The van der Waals surface area contributed by atoms with Crippen molar-refractivity contribution in [2.75, 3.05) is 45.2 Å². The van der Waals surface area contributed by atoms with Gasteiger partial charge in [0.2, 0.25) is 5.88 Å². The molecule has 0 spiro atoms. The van der Waals surface area contributed by atoms with Crippen LogP contribution in [0.25, 0.3) is 16.7 Å². The summed E-state index contributed by atoms with van der Waals surface area (Å²) in [6, 6.07) is 16.0. The molecule has 2 aromatic heterocycles. The number of morpholine rings is 1. The molecular formula is C25H28N6O3. The highest BCUT2D eigenvalue weighted by Crippen LogP contribution is 2.31. The van der Waals surface area contributed by atoms with Crippen LogP contribution in [0, 0.1) is 6.92 Å². The Bertz CT molecular complexity index is 1250. The van der Waals surface area contributed by atoms with Gasteiger partial charge in [0.15, 0.2) is 5.65 Å². The van der Waals surface area contributed by atoms with E-state index in [0.29, 0.717) is 35.9 Å². The van der Waals surface area contributed by atoms with Crippen molar-refractivity contribution in [3.05, 3.63) is 66.0 Å². The fraction of sp³-hybridized carbons (Fsp3) is 0.320. The Kier molecular flexibility index (Phi) is 6.55. The zero-order valence-electron chi connectivity index (χ0n) is 19.2. The van der Waals surface area contributed by atoms with Gasteiger partial charge >= 0.3 is 0 Å². The van der Waals surface area contributed by atoms with E-state index >= 15 is 0 Å². The van der Waals surface area contributed by atoms with E-state index in [-0.39, 0.29) is 0 Å². The highest BCUT2D eigenvalue weighted by Gasteiger charge is 2.19. The molecule has 4 aromatic rings. The summed E-state index contributed by atoms with van der Waals surface area (Å²) in [7, 11) is 0. The van der Waals surface area contributed by atoms with Crippen LogP contribution in [0.2, 0.25) is 0 Å². The highest BCUT2D eigenvalue weighted by molar-refractivity contribution is 5.91. The molecule has 0 radical (unpaired) electrons. The van der Waals surface area contributed by atoms with Crippen molar-refractivity contribution < 1.29 is 14.2 Å². The minimum Gasteiger partial charge on any atom is -0.489 e. The lowest BCUT2D eigenvalue weighted by molar-refractivity contribution is 0.0320. The van der Waals surface area contributed by atoms with E-state index in [1.807, 2.05) is 55.5 Å². The molecular weight excluding hydrogens is 432 g/mol. The SMILES string of the molecule is Cc1cc(-n2nc(OCCN3CCOCC3)c3c(N)ncnc32)ccc1OCc1ccccc1. The fourth-order valence-electron chi connectivity index (χ4n) is 3.98. The Hall–Kier alpha value is -3.69. The van der Waals surface area contributed by atoms with Gasteiger partial charge in [-0.3, -0.25) is 4.90 Å². The maximum absolute atomic E-state index is 6.18. The van der Waals surface area contributed by atoms with Crippen LogP contribution < -0.4 is 15.2 Å². The van der Waals surface area contributed by atoms with E-state index in [9.17, 15) is 0 Å². The number of aromatic nitrogens is 4. The minimum atomic E-state index is 0.345. The molecule has 1 aliphatic heterocycles. The van der Waals surface area contributed by atoms with Crippen molar-refractivity contribution in [3.8, 4) is 17.3 Å². The van der Waals surface area contributed by atoms with Gasteiger partial charge in [-0.1, -0.05) is 30.3 Å². The maximum atomic E-state index is 6.18. The largest absolute Gasteiger partial charge is 0.489 e. The van der Waals surface area contributed by atoms with Gasteiger partial charge in [0.1, 0.15) is 36.5 Å². The molecule has 0 saturated carbocycles. The molecule has 0 amide bonds. The minimum absolute atomic E-state index is 0.345. The van der Waals surface area contributed by atoms with Crippen LogP contribution in [-0.2, 0) is 11.3 Å². The number of nitrogens with zero attached hydrogens (tertiary/aromatic N) is 5. The zero-order chi connectivity index (χ0) is 23.3. The van der Waals surface area contributed by atoms with Crippen molar-refractivity contribution in [3.63, 3.8) is 0 Å². The second-order valence-corrected chi connectivity index (χ2v) is 8.20. The predicted octanol–water partition coefficient (Wildman–Crippen LogP) is 3.00. The van der Waals surface area contributed by atoms with Crippen LogP contribution in [0.3, 0.4) is 0 Å². The molecule has 2 aromatic carbocycles. The standard InChI is InChI=1S/C25H28N6O3/c1-18-15-20(7-8-21(18)34-16-19-5-3-2-4-6-19)31-24-22(23(26)27-17-28-24)25(29-31)33-14-11-30-9-12-32-13-10-30/h2-8,15,17H,9-14,16H2,1H3,(H2,26,27,28). The van der Waals surface area contributed by atoms with Crippen molar-refractivity contribution in [1.82, 2.24) is 24.6 Å². The average Bonchev–Trinajstić information content (AvgIpc) is 3.24. The van der Waals surface area contributed by atoms with Gasteiger partial charge in [-0.25, -0.2) is 14.6 Å². The van der Waals surface area contributed by atoms with E-state index in [4.69, 9.17) is 25.0 Å². The highest BCUT2D eigenvalue weighted by atomic mass is 16.5. The second-order valence-electron chi connectivity index (χ2n) is 8.20. The van der Waals surface area contributed by atoms with E-state index in [2.05, 4.69) is 14.9 Å². The number of aryl methyl sites for hydroxylation is 1. The normalized spacial score (nSPS) is 14.4. The fourth-order valence-corrected chi connectivity index (χ4v) is 3.98. The molecule has 34 heavy (non-hydrogen) atoms. The second kappa shape index (κ2) is 10.1. The molecule has 0 atom stereocenters. The van der Waals surface area contributed by atoms with E-state index in [1.54, 1.807) is 4.68 Å². The van der Waals surface area contributed by atoms with Crippen molar-refractivity contribution in [1.29, 1.82) is 0 Å². The number of nitrogen functional groups attached to an aromatic ring is 1. The van der Waals surface area contributed by atoms with Crippen LogP contribution >= 0.6 is 0 Å². The first-order valence-corrected chi connectivity index (χ1v) is 11.4. The molecule has 1 fully saturated rings. The lowest BCUT2D eigenvalue weighted by Crippen LogP contribution is -2.38. The van der Waals surface area contributed by atoms with Gasteiger partial charge in [-0.05, 0) is 36.2 Å². The van der Waals surface area contributed by atoms with Gasteiger partial charge in [-0.15, -0.1) is 5.10 Å². The summed E-state index contributed by atoms with van der Waals surface area (Å²) in [5.41, 5.74) is 9.74. The van der Waals surface area contributed by atoms with E-state index in [1.165, 1.54) is 6.33 Å². The summed E-state index contributed by atoms with van der Waals surface area (Å²) in [6.45, 7) is 7.12. The quantitative estimate of drug-likeness (QED) is 0.428. The third-order valence-electron chi connectivity index (χ3n) is 5.85. The molecule has 0 unspecified atom stereocenters.